The number of anilines is 1. The fourth-order valence-electron chi connectivity index (χ4n) is 2.40. The molecular formula is C22H21BrN2O4. The summed E-state index contributed by atoms with van der Waals surface area (Å²) < 4.78 is 11.5. The molecule has 150 valence electrons. The Balaban J connectivity index is 2.22. The van der Waals surface area contributed by atoms with Gasteiger partial charge >= 0.3 is 5.97 Å². The lowest BCUT2D eigenvalue weighted by molar-refractivity contribution is -0.112. The van der Waals surface area contributed by atoms with Gasteiger partial charge in [0.1, 0.15) is 17.4 Å². The molecule has 0 aliphatic rings. The van der Waals surface area contributed by atoms with E-state index >= 15 is 0 Å². The van der Waals surface area contributed by atoms with E-state index in [4.69, 9.17) is 9.47 Å². The van der Waals surface area contributed by atoms with Gasteiger partial charge < -0.3 is 14.8 Å². The molecule has 29 heavy (non-hydrogen) atoms. The number of amides is 1. The highest BCUT2D eigenvalue weighted by molar-refractivity contribution is 9.10. The highest BCUT2D eigenvalue weighted by Crippen LogP contribution is 2.26. The van der Waals surface area contributed by atoms with Crippen LogP contribution < -0.4 is 10.1 Å². The zero-order valence-electron chi connectivity index (χ0n) is 16.4. The first-order valence-electron chi connectivity index (χ1n) is 9.00. The molecule has 6 nitrogen and oxygen atoms in total. The van der Waals surface area contributed by atoms with Crippen LogP contribution in [0.1, 0.15) is 36.7 Å². The van der Waals surface area contributed by atoms with Crippen molar-refractivity contribution in [2.45, 2.75) is 26.9 Å². The van der Waals surface area contributed by atoms with Gasteiger partial charge in [-0.25, -0.2) is 4.79 Å². The number of hydrogen-bond donors (Lipinski definition) is 1. The van der Waals surface area contributed by atoms with Gasteiger partial charge in [-0.1, -0.05) is 15.9 Å². The molecule has 1 N–H and O–H groups in total. The number of esters is 1. The molecule has 0 unspecified atom stereocenters. The summed E-state index contributed by atoms with van der Waals surface area (Å²) in [5, 5.41) is 12.1. The maximum Gasteiger partial charge on any atom is 0.338 e. The number of nitrogens with one attached hydrogen (secondary N) is 1. The Morgan fingerprint density at radius 2 is 1.90 bits per heavy atom. The third-order valence-electron chi connectivity index (χ3n) is 3.65. The highest BCUT2D eigenvalue weighted by atomic mass is 79.9. The van der Waals surface area contributed by atoms with Gasteiger partial charge in [-0.3, -0.25) is 4.79 Å². The van der Waals surface area contributed by atoms with Crippen LogP contribution in [0.4, 0.5) is 5.69 Å². The van der Waals surface area contributed by atoms with Gasteiger partial charge in [0.2, 0.25) is 0 Å². The number of carbonyl (C=O) groups excluding carboxylic acids is 2. The Morgan fingerprint density at radius 3 is 2.48 bits per heavy atom. The van der Waals surface area contributed by atoms with Crippen LogP contribution >= 0.6 is 15.9 Å². The van der Waals surface area contributed by atoms with Crippen molar-refractivity contribution in [2.75, 3.05) is 11.9 Å². The number of carbonyl (C=O) groups is 2. The first kappa shape index (κ1) is 22.2. The average Bonchev–Trinajstić information content (AvgIpc) is 2.68. The molecule has 0 heterocycles. The molecule has 0 radical (unpaired) electrons. The molecule has 0 bridgehead atoms. The second-order valence-corrected chi connectivity index (χ2v) is 7.19. The number of hydrogen-bond acceptors (Lipinski definition) is 5. The SMILES string of the molecule is CCOC(=O)c1ccc(NC(=O)/C(C#N)=C/c2cc(Br)ccc2OC(C)C)cc1. The molecule has 1 amide bonds. The number of rotatable bonds is 7. The van der Waals surface area contributed by atoms with Crippen LogP contribution in [0.3, 0.4) is 0 Å². The standard InChI is InChI=1S/C22H21BrN2O4/c1-4-28-22(27)15-5-8-19(9-6-15)25-21(26)17(13-24)11-16-12-18(23)7-10-20(16)29-14(2)3/h5-12,14H,4H2,1-3H3,(H,25,26)/b17-11+. The van der Waals surface area contributed by atoms with Gasteiger partial charge in [0.25, 0.3) is 5.91 Å². The first-order valence-corrected chi connectivity index (χ1v) is 9.80. The van der Waals surface area contributed by atoms with E-state index in [9.17, 15) is 14.9 Å². The van der Waals surface area contributed by atoms with E-state index in [1.54, 1.807) is 43.3 Å². The average molecular weight is 457 g/mol. The Bertz CT molecular complexity index is 960. The normalized spacial score (nSPS) is 11.0. The zero-order chi connectivity index (χ0) is 21.4. The van der Waals surface area contributed by atoms with Gasteiger partial charge in [-0.2, -0.15) is 5.26 Å². The fourth-order valence-corrected chi connectivity index (χ4v) is 2.78. The molecule has 0 saturated carbocycles. The summed E-state index contributed by atoms with van der Waals surface area (Å²) in [6.07, 6.45) is 1.42. The molecular weight excluding hydrogens is 436 g/mol. The second kappa shape index (κ2) is 10.4. The molecule has 2 aromatic rings. The van der Waals surface area contributed by atoms with Crippen LogP contribution in [0, 0.1) is 11.3 Å². The zero-order valence-corrected chi connectivity index (χ0v) is 17.9. The van der Waals surface area contributed by atoms with Crippen molar-refractivity contribution in [3.63, 3.8) is 0 Å². The molecule has 2 aromatic carbocycles. The monoisotopic (exact) mass is 456 g/mol. The summed E-state index contributed by atoms with van der Waals surface area (Å²) in [5.41, 5.74) is 1.37. The number of nitrogens with zero attached hydrogens (tertiary/aromatic N) is 1. The summed E-state index contributed by atoms with van der Waals surface area (Å²) in [6, 6.07) is 13.5. The van der Waals surface area contributed by atoms with Crippen molar-refractivity contribution >= 4 is 39.6 Å². The minimum Gasteiger partial charge on any atom is -0.490 e. The minimum atomic E-state index is -0.563. The molecule has 0 atom stereocenters. The van der Waals surface area contributed by atoms with Crippen LogP contribution in [0.25, 0.3) is 6.08 Å². The van der Waals surface area contributed by atoms with Crippen LogP contribution in [0.5, 0.6) is 5.75 Å². The van der Waals surface area contributed by atoms with E-state index in [-0.39, 0.29) is 18.3 Å². The maximum absolute atomic E-state index is 12.5. The van der Waals surface area contributed by atoms with Gasteiger partial charge in [-0.05, 0) is 69.3 Å². The molecule has 0 fully saturated rings. The number of halogens is 1. The molecule has 2 rings (SSSR count). The van der Waals surface area contributed by atoms with E-state index < -0.39 is 11.9 Å². The van der Waals surface area contributed by atoms with E-state index in [0.717, 1.165) is 4.47 Å². The van der Waals surface area contributed by atoms with Gasteiger partial charge in [0, 0.05) is 15.7 Å². The second-order valence-electron chi connectivity index (χ2n) is 6.27. The number of benzene rings is 2. The lowest BCUT2D eigenvalue weighted by Crippen LogP contribution is -2.14. The quantitative estimate of drug-likeness (QED) is 0.361. The highest BCUT2D eigenvalue weighted by Gasteiger charge is 2.13. The lowest BCUT2D eigenvalue weighted by atomic mass is 10.1. The Morgan fingerprint density at radius 1 is 1.21 bits per heavy atom. The van der Waals surface area contributed by atoms with Crippen LogP contribution in [-0.4, -0.2) is 24.6 Å². The van der Waals surface area contributed by atoms with Gasteiger partial charge in [0.15, 0.2) is 0 Å². The Hall–Kier alpha value is -3.11. The van der Waals surface area contributed by atoms with Crippen molar-refractivity contribution in [2.24, 2.45) is 0 Å². The van der Waals surface area contributed by atoms with Crippen molar-refractivity contribution in [1.82, 2.24) is 0 Å². The first-order chi connectivity index (χ1) is 13.8. The summed E-state index contributed by atoms with van der Waals surface area (Å²) in [4.78, 5) is 24.2. The Labute approximate surface area is 178 Å². The topological polar surface area (TPSA) is 88.4 Å². The molecule has 0 aliphatic carbocycles. The van der Waals surface area contributed by atoms with E-state index in [2.05, 4.69) is 21.2 Å². The lowest BCUT2D eigenvalue weighted by Gasteiger charge is -2.13. The smallest absolute Gasteiger partial charge is 0.338 e. The predicted octanol–water partition coefficient (Wildman–Crippen LogP) is 4.96. The van der Waals surface area contributed by atoms with Crippen molar-refractivity contribution < 1.29 is 19.1 Å². The third-order valence-corrected chi connectivity index (χ3v) is 4.15. The van der Waals surface area contributed by atoms with E-state index in [0.29, 0.717) is 22.6 Å². The van der Waals surface area contributed by atoms with E-state index in [1.165, 1.54) is 6.08 Å². The summed E-state index contributed by atoms with van der Waals surface area (Å²) in [6.45, 7) is 5.80. The maximum atomic E-state index is 12.5. The third kappa shape index (κ3) is 6.47. The molecule has 0 aliphatic heterocycles. The summed E-state index contributed by atoms with van der Waals surface area (Å²) in [7, 11) is 0. The molecule has 0 saturated heterocycles. The molecule has 7 heteroatoms. The van der Waals surface area contributed by atoms with E-state index in [1.807, 2.05) is 26.0 Å². The van der Waals surface area contributed by atoms with Crippen molar-refractivity contribution in [3.05, 3.63) is 63.6 Å². The van der Waals surface area contributed by atoms with Crippen molar-refractivity contribution in [3.8, 4) is 11.8 Å². The van der Waals surface area contributed by atoms with Crippen LogP contribution in [0.2, 0.25) is 0 Å². The number of nitriles is 1. The predicted molar refractivity (Wildman–Crippen MR) is 115 cm³/mol. The molecule has 0 aromatic heterocycles. The Kier molecular flexibility index (Phi) is 7.98. The molecule has 0 spiro atoms. The number of ether oxygens (including phenoxy) is 2. The van der Waals surface area contributed by atoms with Crippen LogP contribution in [0.15, 0.2) is 52.5 Å². The van der Waals surface area contributed by atoms with Crippen LogP contribution in [-0.2, 0) is 9.53 Å². The van der Waals surface area contributed by atoms with Gasteiger partial charge in [0.05, 0.1) is 18.3 Å². The van der Waals surface area contributed by atoms with Crippen molar-refractivity contribution in [1.29, 1.82) is 5.26 Å². The van der Waals surface area contributed by atoms with Gasteiger partial charge in [-0.15, -0.1) is 0 Å². The summed E-state index contributed by atoms with van der Waals surface area (Å²) in [5.74, 6) is -0.426. The summed E-state index contributed by atoms with van der Waals surface area (Å²) >= 11 is 3.39. The fraction of sp³-hybridized carbons (Fsp3) is 0.227. The largest absolute Gasteiger partial charge is 0.490 e. The minimum absolute atomic E-state index is 0.0550.